The summed E-state index contributed by atoms with van der Waals surface area (Å²) in [4.78, 5) is 33.2. The summed E-state index contributed by atoms with van der Waals surface area (Å²) < 4.78 is 15.1. The number of hydrogen-bond donors (Lipinski definition) is 0. The molecule has 0 spiro atoms. The van der Waals surface area contributed by atoms with Gasteiger partial charge in [0.25, 0.3) is 0 Å². The molecule has 0 amide bonds. The van der Waals surface area contributed by atoms with E-state index in [1.807, 2.05) is 0 Å². The fraction of sp³-hybridized carbons (Fsp3) is 0.417. The average Bonchev–Trinajstić information content (AvgIpc) is 2.68. The monoisotopic (exact) mass is 284 g/mol. The molecule has 2 rings (SSSR count). The lowest BCUT2D eigenvalue weighted by atomic mass is 10.1. The first-order valence-corrected chi connectivity index (χ1v) is 6.51. The summed E-state index contributed by atoms with van der Waals surface area (Å²) in [5, 5.41) is 1.36. The molecule has 0 bridgehead atoms. The van der Waals surface area contributed by atoms with Gasteiger partial charge in [-0.2, -0.15) is 0 Å². The van der Waals surface area contributed by atoms with Crippen molar-refractivity contribution in [3.63, 3.8) is 0 Å². The first kappa shape index (κ1) is 13.7. The minimum Gasteiger partial charge on any atom is -0.465 e. The molecule has 0 aromatic carbocycles. The van der Waals surface area contributed by atoms with Crippen molar-refractivity contribution in [2.75, 3.05) is 6.61 Å². The average molecular weight is 284 g/mol. The molecule has 0 N–H and O–H groups in total. The lowest BCUT2D eigenvalue weighted by molar-refractivity contribution is -0.146. The van der Waals surface area contributed by atoms with Gasteiger partial charge in [-0.15, -0.1) is 11.8 Å². The maximum atomic E-state index is 11.2. The molecule has 0 aliphatic carbocycles. The molecule has 7 heteroatoms. The topological polar surface area (TPSA) is 78.9 Å². The Hall–Kier alpha value is -1.76. The van der Waals surface area contributed by atoms with E-state index in [0.717, 1.165) is 0 Å². The second-order valence-corrected chi connectivity index (χ2v) is 5.12. The zero-order valence-electron chi connectivity index (χ0n) is 10.4. The summed E-state index contributed by atoms with van der Waals surface area (Å²) in [6.07, 6.45) is 0.633. The number of hydrogen-bond acceptors (Lipinski definition) is 7. The van der Waals surface area contributed by atoms with Crippen LogP contribution in [0.25, 0.3) is 0 Å². The Bertz CT molecular complexity index is 492. The molecule has 0 aromatic rings. The van der Waals surface area contributed by atoms with Gasteiger partial charge in [-0.05, 0) is 0 Å². The molecule has 0 aromatic heterocycles. The predicted molar refractivity (Wildman–Crippen MR) is 65.8 cm³/mol. The highest BCUT2D eigenvalue weighted by Crippen LogP contribution is 2.38. The van der Waals surface area contributed by atoms with Crippen molar-refractivity contribution in [2.45, 2.75) is 25.2 Å². The summed E-state index contributed by atoms with van der Waals surface area (Å²) in [6.45, 7) is 2.67. The maximum absolute atomic E-state index is 11.2. The zero-order valence-corrected chi connectivity index (χ0v) is 11.2. The first-order chi connectivity index (χ1) is 8.97. The third-order valence-electron chi connectivity index (χ3n) is 2.51. The van der Waals surface area contributed by atoms with E-state index in [0.29, 0.717) is 11.3 Å². The summed E-state index contributed by atoms with van der Waals surface area (Å²) in [7, 11) is 0. The fourth-order valence-electron chi connectivity index (χ4n) is 1.77. The molecular weight excluding hydrogens is 272 g/mol. The van der Waals surface area contributed by atoms with Gasteiger partial charge in [-0.3, -0.25) is 9.59 Å². The van der Waals surface area contributed by atoms with E-state index in [1.165, 1.54) is 31.7 Å². The Labute approximate surface area is 113 Å². The van der Waals surface area contributed by atoms with Crippen LogP contribution in [-0.4, -0.2) is 35.9 Å². The van der Waals surface area contributed by atoms with Crippen molar-refractivity contribution in [2.24, 2.45) is 0 Å². The van der Waals surface area contributed by atoms with Crippen LogP contribution in [0.15, 0.2) is 22.8 Å². The molecule has 2 aliphatic rings. The van der Waals surface area contributed by atoms with Crippen LogP contribution < -0.4 is 0 Å². The molecule has 0 saturated carbocycles. The van der Waals surface area contributed by atoms with Gasteiger partial charge in [0.2, 0.25) is 0 Å². The van der Waals surface area contributed by atoms with Crippen LogP contribution in [0.2, 0.25) is 0 Å². The van der Waals surface area contributed by atoms with E-state index >= 15 is 0 Å². The van der Waals surface area contributed by atoms with Crippen LogP contribution in [0.1, 0.15) is 13.8 Å². The molecule has 2 heterocycles. The highest BCUT2D eigenvalue weighted by atomic mass is 32.2. The largest absolute Gasteiger partial charge is 0.465 e. The van der Waals surface area contributed by atoms with E-state index in [9.17, 15) is 14.4 Å². The Balaban J connectivity index is 2.19. The van der Waals surface area contributed by atoms with Crippen LogP contribution >= 0.6 is 11.8 Å². The number of fused-ring (bicyclic) bond motifs is 1. The van der Waals surface area contributed by atoms with Gasteiger partial charge in [0, 0.05) is 30.9 Å². The first-order valence-electron chi connectivity index (χ1n) is 5.57. The second kappa shape index (κ2) is 5.48. The Morgan fingerprint density at radius 1 is 1.37 bits per heavy atom. The zero-order chi connectivity index (χ0) is 14.0. The molecule has 0 radical (unpaired) electrons. The predicted octanol–water partition coefficient (Wildman–Crippen LogP) is 0.921. The van der Waals surface area contributed by atoms with Crippen LogP contribution in [0.4, 0.5) is 0 Å². The smallest absolute Gasteiger partial charge is 0.336 e. The summed E-state index contributed by atoms with van der Waals surface area (Å²) in [6, 6.07) is 0. The van der Waals surface area contributed by atoms with Gasteiger partial charge in [0.15, 0.2) is 0 Å². The van der Waals surface area contributed by atoms with Crippen molar-refractivity contribution in [1.29, 1.82) is 0 Å². The van der Waals surface area contributed by atoms with Gasteiger partial charge in [0.05, 0.1) is 5.25 Å². The van der Waals surface area contributed by atoms with E-state index in [4.69, 9.17) is 14.2 Å². The summed E-state index contributed by atoms with van der Waals surface area (Å²) in [5.41, 5.74) is 0.510. The third kappa shape index (κ3) is 3.17. The lowest BCUT2D eigenvalue weighted by Crippen LogP contribution is -2.36. The molecule has 6 nitrogen and oxygen atoms in total. The summed E-state index contributed by atoms with van der Waals surface area (Å²) in [5.74, 6) is -0.989. The van der Waals surface area contributed by atoms with Gasteiger partial charge in [-0.25, -0.2) is 4.79 Å². The minimum atomic E-state index is -0.659. The van der Waals surface area contributed by atoms with Crippen LogP contribution in [0, 0.1) is 0 Å². The molecule has 2 atom stereocenters. The quantitative estimate of drug-likeness (QED) is 0.563. The van der Waals surface area contributed by atoms with Gasteiger partial charge in [-0.1, -0.05) is 0 Å². The van der Waals surface area contributed by atoms with Gasteiger partial charge in [0.1, 0.15) is 18.5 Å². The second-order valence-electron chi connectivity index (χ2n) is 4.01. The minimum absolute atomic E-state index is 0.0905. The van der Waals surface area contributed by atoms with Crippen molar-refractivity contribution in [3.05, 3.63) is 22.8 Å². The number of thioether (sulfide) groups is 1. The number of carbonyl (C=O) groups excluding carboxylic acids is 3. The van der Waals surface area contributed by atoms with E-state index in [1.54, 1.807) is 5.41 Å². The van der Waals surface area contributed by atoms with Crippen molar-refractivity contribution in [3.8, 4) is 0 Å². The highest BCUT2D eigenvalue weighted by molar-refractivity contribution is 8.02. The third-order valence-corrected chi connectivity index (χ3v) is 3.59. The van der Waals surface area contributed by atoms with E-state index in [2.05, 4.69) is 0 Å². The molecule has 0 saturated heterocycles. The lowest BCUT2D eigenvalue weighted by Gasteiger charge is -2.29. The Morgan fingerprint density at radius 2 is 2.11 bits per heavy atom. The molecule has 19 heavy (non-hydrogen) atoms. The summed E-state index contributed by atoms with van der Waals surface area (Å²) >= 11 is 1.30. The van der Waals surface area contributed by atoms with Crippen molar-refractivity contribution < 1.29 is 28.6 Å². The van der Waals surface area contributed by atoms with Crippen LogP contribution in [-0.2, 0) is 28.6 Å². The number of rotatable bonds is 3. The number of esters is 3. The molecule has 2 aliphatic heterocycles. The standard InChI is InChI=1S/C12H12O6S/c1-6(13)16-4-10-12(17-7(2)14)8-3-11(15)18-9(8)5-19-10/h3,5,10,12H,4H2,1-2H3/t10-,12-/m0/s1. The normalized spacial score (nSPS) is 24.8. The van der Waals surface area contributed by atoms with E-state index in [-0.39, 0.29) is 11.9 Å². The number of carbonyl (C=O) groups is 3. The van der Waals surface area contributed by atoms with E-state index < -0.39 is 24.0 Å². The van der Waals surface area contributed by atoms with Crippen LogP contribution in [0.3, 0.4) is 0 Å². The van der Waals surface area contributed by atoms with Crippen molar-refractivity contribution in [1.82, 2.24) is 0 Å². The Morgan fingerprint density at radius 3 is 2.74 bits per heavy atom. The Kier molecular flexibility index (Phi) is 3.94. The molecule has 0 unspecified atom stereocenters. The van der Waals surface area contributed by atoms with Gasteiger partial charge >= 0.3 is 17.9 Å². The maximum Gasteiger partial charge on any atom is 0.336 e. The van der Waals surface area contributed by atoms with Crippen molar-refractivity contribution >= 4 is 29.7 Å². The van der Waals surface area contributed by atoms with Gasteiger partial charge < -0.3 is 14.2 Å². The highest BCUT2D eigenvalue weighted by Gasteiger charge is 2.39. The number of ether oxygens (including phenoxy) is 3. The SMILES string of the molecule is CC(=O)OC[C@@H]1SC=C2OC(=O)C=C2[C@@H]1OC(C)=O. The fourth-order valence-corrected chi connectivity index (χ4v) is 2.75. The van der Waals surface area contributed by atoms with Crippen LogP contribution in [0.5, 0.6) is 0 Å². The molecule has 102 valence electrons. The molecule has 0 fully saturated rings. The molecular formula is C12H12O6S.